The molecule has 0 aliphatic heterocycles. The second kappa shape index (κ2) is 46.3. The summed E-state index contributed by atoms with van der Waals surface area (Å²) in [6, 6.07) is 86.6. The van der Waals surface area contributed by atoms with Crippen molar-refractivity contribution < 1.29 is 41.7 Å². The molecule has 0 saturated carbocycles. The Morgan fingerprint density at radius 3 is 1.33 bits per heavy atom. The maximum Gasteiger partial charge on any atom is 0.569 e. The highest BCUT2D eigenvalue weighted by molar-refractivity contribution is 8.24. The molecule has 10 aromatic carbocycles. The fraction of sp³-hybridized carbons (Fsp3) is 0.103. The summed E-state index contributed by atoms with van der Waals surface area (Å²) in [5.74, 6) is -1.08. The Morgan fingerprint density at radius 1 is 0.460 bits per heavy atom. The number of nitriles is 5. The van der Waals surface area contributed by atoms with E-state index < -0.39 is 19.2 Å². The highest BCUT2D eigenvalue weighted by Gasteiger charge is 2.15. The summed E-state index contributed by atoms with van der Waals surface area (Å²) in [7, 11) is -0.777. The topological polar surface area (TPSA) is 327 Å². The number of nitrogens with zero attached hydrogens (tertiary/aromatic N) is 12. The van der Waals surface area contributed by atoms with E-state index >= 15 is 0 Å². The molecule has 1 radical (unpaired) electrons. The summed E-state index contributed by atoms with van der Waals surface area (Å²) in [5, 5.41) is 78.6. The van der Waals surface area contributed by atoms with Gasteiger partial charge in [0.1, 0.15) is 64.2 Å². The van der Waals surface area contributed by atoms with Crippen LogP contribution < -0.4 is 19.8 Å². The van der Waals surface area contributed by atoms with Crippen LogP contribution >= 0.6 is 50.5 Å². The molecule has 17 aromatic rings. The minimum Gasteiger partial charge on any atom is -0.618 e. The molecule has 0 bridgehead atoms. The number of aryl methyl sites for hydroxylation is 7. The number of halogens is 7. The molecule has 29 heteroatoms. The number of aromatic nitrogens is 7. The van der Waals surface area contributed by atoms with Gasteiger partial charge in [-0.15, -0.1) is 0 Å². The summed E-state index contributed by atoms with van der Waals surface area (Å²) in [6.45, 7) is 20.0. The Kier molecular flexibility index (Phi) is 35.8. The molecular formula is C97H79BCl4F3N13O6PSi. The second-order valence-corrected chi connectivity index (χ2v) is 40.8. The average molecular weight is 1790 g/mol. The molecule has 0 unspecified atom stereocenters. The third-order valence-electron chi connectivity index (χ3n) is 17.8. The van der Waals surface area contributed by atoms with Gasteiger partial charge >= 0.3 is 12.9 Å². The molecule has 0 aliphatic rings. The minimum atomic E-state index is -3.22. The molecule has 1 amide bonds. The lowest BCUT2D eigenvalue weighted by atomic mass is 9.99. The number of rotatable bonds is 5. The molecule has 0 saturated heterocycles. The number of carbonyl (C=O) groups is 1. The number of hydrogen-bond donors (Lipinski definition) is 2. The van der Waals surface area contributed by atoms with Gasteiger partial charge in [0.15, 0.2) is 20.3 Å². The normalized spacial score (nSPS) is 10.3. The first kappa shape index (κ1) is 97.3. The van der Waals surface area contributed by atoms with Crippen molar-refractivity contribution in [3.05, 3.63) is 380 Å². The van der Waals surface area contributed by atoms with Crippen molar-refractivity contribution in [3.8, 4) is 58.0 Å². The molecule has 3 N–H and O–H groups in total. The zero-order valence-corrected chi connectivity index (χ0v) is 74.6. The standard InChI is InChI=1S/C17H13FN2O.C17H11FN2.C11H7ClN2.C11H8N2O.C11H8N2.C10H9NO.C10H9N.C6H5BFO2.C4H9NSi.Cl3OP/c1-10-2-7-13-14(11-3-5-12(18)6-4-11)9-16(17(19)21)20-15(13)8-10;1-11-2-7-15-16(12-3-5-13(18)6-4-12)9-14(10-19)20-17(15)8-11;1-7-2-3-9-10(12)5-8(6-13)14-11(9)4-7;1-8-2-3-9-4-5-10(7-12)13(14)11(9)6-8;1-8-2-3-9-4-5-10(7-12)13-11(9)6-8;1-8-4-5-9-3-2-6-11(12)10(9)7-8;1-8-4-5-9-3-2-6-11-10(9)7-8;8-5-1-3-6(4-2-5)10-7-9;1-6(2,3)4-5;1-5(2,3)4/h2-9H,1H3,(H2,19,21);2-9H,1H3;2-5H,1H3;2-6H,1H3;2-6H,1H3;2-7H,1H3;2-7H,1H3;1-4,9H;1-3H3;. The molecule has 0 atom stereocenters. The highest BCUT2D eigenvalue weighted by Crippen LogP contribution is 2.61. The lowest BCUT2D eigenvalue weighted by Crippen LogP contribution is -2.31. The van der Waals surface area contributed by atoms with Crippen molar-refractivity contribution in [1.82, 2.24) is 24.9 Å². The first-order valence-corrected chi connectivity index (χ1v) is 46.5. The van der Waals surface area contributed by atoms with Crippen LogP contribution in [0.4, 0.5) is 13.2 Å². The summed E-state index contributed by atoms with van der Waals surface area (Å²) >= 11 is 19.9. The summed E-state index contributed by atoms with van der Waals surface area (Å²) in [5.41, 5.74) is 25.8. The SMILES string of the molecule is C[Si](C)(C)C#N.Cc1ccc2c(-c3ccc(F)cc3)cc(C#N)nc2c1.Cc1ccc2c(-c3ccc(F)cc3)cc(C(N)=O)nc2c1.Cc1ccc2c(Cl)cc(C#N)nc2c1.Cc1ccc2ccc(C#N)[n+]([O-])c2c1.Cc1ccc2ccc(C#N)nc2c1.Cc1ccc2ccc[n+]([O-])c2c1.Cc1ccc2cccnc2c1.O=P(Cl)(Cl)Cl.O[B]Oc1ccc(F)cc1. The Balaban J connectivity index is 0.000000177. The molecule has 19 nitrogen and oxygen atoms in total. The van der Waals surface area contributed by atoms with Gasteiger partial charge in [-0.3, -0.25) is 14.3 Å². The highest BCUT2D eigenvalue weighted by atomic mass is 36.0. The molecule has 0 aliphatic carbocycles. The number of benzene rings is 10. The largest absolute Gasteiger partial charge is 0.618 e. The molecule has 7 heterocycles. The van der Waals surface area contributed by atoms with E-state index in [1.807, 2.05) is 207 Å². The van der Waals surface area contributed by atoms with Crippen LogP contribution in [0.2, 0.25) is 24.7 Å². The van der Waals surface area contributed by atoms with E-state index in [9.17, 15) is 32.9 Å². The quantitative estimate of drug-likeness (QED) is 0.0700. The van der Waals surface area contributed by atoms with E-state index in [0.29, 0.717) is 51.3 Å². The van der Waals surface area contributed by atoms with Gasteiger partial charge in [-0.05, 0) is 283 Å². The zero-order chi connectivity index (χ0) is 92.0. The molecular weight excluding hydrogens is 1710 g/mol. The molecule has 0 fully saturated rings. The van der Waals surface area contributed by atoms with Crippen LogP contribution in [0.1, 0.15) is 72.2 Å². The van der Waals surface area contributed by atoms with Crippen LogP contribution in [0.3, 0.4) is 0 Å². The number of hydrogen-bond acceptors (Lipinski definition) is 16. The molecule has 0 spiro atoms. The fourth-order valence-electron chi connectivity index (χ4n) is 11.7. The summed E-state index contributed by atoms with van der Waals surface area (Å²) in [4.78, 5) is 32.7. The van der Waals surface area contributed by atoms with Gasteiger partial charge in [-0.1, -0.05) is 134 Å². The Labute approximate surface area is 747 Å². The van der Waals surface area contributed by atoms with E-state index in [2.05, 4.69) is 106 Å². The van der Waals surface area contributed by atoms with Crippen LogP contribution in [0.15, 0.2) is 279 Å². The predicted octanol–water partition coefficient (Wildman–Crippen LogP) is 24.1. The van der Waals surface area contributed by atoms with Crippen LogP contribution in [0.5, 0.6) is 5.75 Å². The Morgan fingerprint density at radius 2 is 0.841 bits per heavy atom. The van der Waals surface area contributed by atoms with Crippen molar-refractivity contribution >= 4 is 149 Å². The number of pyridine rings is 7. The lowest BCUT2D eigenvalue weighted by Gasteiger charge is -2.09. The van der Waals surface area contributed by atoms with Crippen molar-refractivity contribution in [2.75, 3.05) is 0 Å². The zero-order valence-electron chi connectivity index (χ0n) is 69.7. The van der Waals surface area contributed by atoms with E-state index in [1.165, 1.54) is 71.7 Å². The summed E-state index contributed by atoms with van der Waals surface area (Å²) in [6.07, 6.45) is 3.34. The van der Waals surface area contributed by atoms with Gasteiger partial charge < -0.3 is 25.8 Å². The number of fused-ring (bicyclic) bond motifs is 7. The first-order valence-electron chi connectivity index (χ1n) is 38.2. The maximum atomic E-state index is 13.1. The van der Waals surface area contributed by atoms with Crippen LogP contribution in [0.25, 0.3) is 98.6 Å². The first-order chi connectivity index (χ1) is 59.9. The van der Waals surface area contributed by atoms with Gasteiger partial charge in [0, 0.05) is 73.9 Å². The molecule has 7 aromatic heterocycles. The van der Waals surface area contributed by atoms with Crippen LogP contribution in [0, 0.1) is 133 Å². The monoisotopic (exact) mass is 1790 g/mol. The second-order valence-electron chi connectivity index (χ2n) is 29.0. The van der Waals surface area contributed by atoms with Crippen molar-refractivity contribution in [1.29, 1.82) is 26.3 Å². The number of carbonyl (C=O) groups excluding carboxylic acids is 1. The van der Waals surface area contributed by atoms with Gasteiger partial charge in [-0.2, -0.15) is 30.5 Å². The average Bonchev–Trinajstić information content (AvgIpc) is 0.789. The van der Waals surface area contributed by atoms with Gasteiger partial charge in [0.25, 0.3) is 11.6 Å². The Bertz CT molecular complexity index is 7050. The van der Waals surface area contributed by atoms with Crippen molar-refractivity contribution in [2.24, 2.45) is 5.73 Å². The minimum absolute atomic E-state index is 0.128. The van der Waals surface area contributed by atoms with E-state index in [1.54, 1.807) is 66.7 Å². The fourth-order valence-corrected chi connectivity index (χ4v) is 12.0. The number of amides is 1. The molecule has 17 rings (SSSR count). The van der Waals surface area contributed by atoms with E-state index in [0.717, 1.165) is 120 Å². The summed E-state index contributed by atoms with van der Waals surface area (Å²) < 4.78 is 53.9. The number of nitrogens with two attached hydrogens (primary N) is 1. The number of primary amides is 1. The predicted molar refractivity (Wildman–Crippen MR) is 500 cm³/mol. The van der Waals surface area contributed by atoms with Crippen LogP contribution in [-0.4, -0.2) is 51.6 Å². The van der Waals surface area contributed by atoms with E-state index in [4.69, 9.17) is 48.7 Å². The third-order valence-corrected chi connectivity index (χ3v) is 18.8. The van der Waals surface area contributed by atoms with E-state index in [-0.39, 0.29) is 28.8 Å². The Hall–Kier alpha value is -14.2. The third kappa shape index (κ3) is 30.1. The smallest absolute Gasteiger partial charge is 0.569 e. The van der Waals surface area contributed by atoms with Gasteiger partial charge in [0.2, 0.25) is 11.0 Å². The van der Waals surface area contributed by atoms with Crippen molar-refractivity contribution in [2.45, 2.75) is 68.1 Å². The maximum absolute atomic E-state index is 13.1. The lowest BCUT2D eigenvalue weighted by molar-refractivity contribution is -0.580. The van der Waals surface area contributed by atoms with Crippen LogP contribution in [-0.2, 0) is 4.57 Å². The van der Waals surface area contributed by atoms with Crippen molar-refractivity contribution in [3.63, 3.8) is 0 Å². The van der Waals surface area contributed by atoms with Gasteiger partial charge in [-0.25, -0.2) is 38.4 Å². The molecule has 629 valence electrons. The van der Waals surface area contributed by atoms with Gasteiger partial charge in [0.05, 0.1) is 32.6 Å². The molecule has 126 heavy (non-hydrogen) atoms.